The highest BCUT2D eigenvalue weighted by molar-refractivity contribution is 7.10. The molecule has 1 unspecified atom stereocenters. The fourth-order valence-electron chi connectivity index (χ4n) is 2.47. The predicted octanol–water partition coefficient (Wildman–Crippen LogP) is 3.91. The fraction of sp³-hybridized carbons (Fsp3) is 0.188. The minimum atomic E-state index is 0.246. The Bertz CT molecular complexity index is 703. The topological polar surface area (TPSA) is 24.9 Å². The van der Waals surface area contributed by atoms with Crippen molar-refractivity contribution < 1.29 is 0 Å². The lowest BCUT2D eigenvalue weighted by atomic mass is 9.98. The molecular weight excluding hydrogens is 252 g/mol. The van der Waals surface area contributed by atoms with Crippen LogP contribution in [0.2, 0.25) is 0 Å². The Balaban J connectivity index is 2.09. The van der Waals surface area contributed by atoms with Crippen LogP contribution in [0.1, 0.15) is 22.0 Å². The monoisotopic (exact) mass is 268 g/mol. The smallest absolute Gasteiger partial charge is 0.0702 e. The van der Waals surface area contributed by atoms with E-state index < -0.39 is 0 Å². The van der Waals surface area contributed by atoms with Crippen molar-refractivity contribution in [2.75, 3.05) is 7.05 Å². The molecule has 0 spiro atoms. The molecule has 0 saturated carbocycles. The van der Waals surface area contributed by atoms with Gasteiger partial charge in [-0.3, -0.25) is 4.98 Å². The van der Waals surface area contributed by atoms with Crippen LogP contribution in [0.3, 0.4) is 0 Å². The van der Waals surface area contributed by atoms with E-state index >= 15 is 0 Å². The number of aromatic nitrogens is 1. The second kappa shape index (κ2) is 5.11. The van der Waals surface area contributed by atoms with Gasteiger partial charge in [-0.05, 0) is 54.7 Å². The number of hydrogen-bond donors (Lipinski definition) is 1. The molecule has 0 aliphatic rings. The summed E-state index contributed by atoms with van der Waals surface area (Å²) in [5.41, 5.74) is 3.68. The van der Waals surface area contributed by atoms with E-state index in [-0.39, 0.29) is 6.04 Å². The molecule has 0 amide bonds. The number of nitrogens with one attached hydrogen (secondary N) is 1. The first kappa shape index (κ1) is 12.3. The lowest BCUT2D eigenvalue weighted by molar-refractivity contribution is 0.692. The van der Waals surface area contributed by atoms with Crippen molar-refractivity contribution in [3.05, 3.63) is 64.0 Å². The van der Waals surface area contributed by atoms with E-state index in [1.54, 1.807) is 11.3 Å². The minimum absolute atomic E-state index is 0.246. The van der Waals surface area contributed by atoms with E-state index in [0.717, 1.165) is 5.52 Å². The lowest BCUT2D eigenvalue weighted by Gasteiger charge is -2.17. The number of benzene rings is 1. The van der Waals surface area contributed by atoms with E-state index in [0.29, 0.717) is 0 Å². The summed E-state index contributed by atoms with van der Waals surface area (Å²) in [5, 5.41) is 6.75. The summed E-state index contributed by atoms with van der Waals surface area (Å²) in [7, 11) is 2.01. The third-order valence-corrected chi connectivity index (χ3v) is 4.32. The molecule has 1 N–H and O–H groups in total. The first-order valence-corrected chi connectivity index (χ1v) is 7.23. The Kier molecular flexibility index (Phi) is 3.32. The predicted molar refractivity (Wildman–Crippen MR) is 81.7 cm³/mol. The number of pyridine rings is 1. The molecule has 3 heteroatoms. The van der Waals surface area contributed by atoms with Gasteiger partial charge in [0.05, 0.1) is 11.6 Å². The zero-order valence-corrected chi connectivity index (χ0v) is 11.9. The van der Waals surface area contributed by atoms with Crippen molar-refractivity contribution in [3.8, 4) is 0 Å². The van der Waals surface area contributed by atoms with E-state index in [1.807, 2.05) is 19.3 Å². The number of fused-ring (bicyclic) bond motifs is 1. The van der Waals surface area contributed by atoms with E-state index in [1.165, 1.54) is 21.4 Å². The Morgan fingerprint density at radius 1 is 1.21 bits per heavy atom. The van der Waals surface area contributed by atoms with E-state index in [9.17, 15) is 0 Å². The Morgan fingerprint density at radius 2 is 2.11 bits per heavy atom. The van der Waals surface area contributed by atoms with Crippen molar-refractivity contribution in [1.29, 1.82) is 0 Å². The summed E-state index contributed by atoms with van der Waals surface area (Å²) >= 11 is 1.79. The van der Waals surface area contributed by atoms with Crippen molar-refractivity contribution in [1.82, 2.24) is 10.3 Å². The first-order chi connectivity index (χ1) is 9.29. The van der Waals surface area contributed by atoms with E-state index in [2.05, 4.69) is 52.9 Å². The highest BCUT2D eigenvalue weighted by atomic mass is 32.1. The molecule has 0 fully saturated rings. The normalized spacial score (nSPS) is 12.7. The summed E-state index contributed by atoms with van der Waals surface area (Å²) in [5.74, 6) is 0. The van der Waals surface area contributed by atoms with Gasteiger partial charge >= 0.3 is 0 Å². The zero-order chi connectivity index (χ0) is 13.2. The van der Waals surface area contributed by atoms with Gasteiger partial charge < -0.3 is 5.32 Å². The molecule has 19 heavy (non-hydrogen) atoms. The van der Waals surface area contributed by atoms with Crippen LogP contribution in [-0.4, -0.2) is 12.0 Å². The number of thiophene rings is 1. The highest BCUT2D eigenvalue weighted by Gasteiger charge is 2.15. The molecule has 0 aliphatic heterocycles. The summed E-state index contributed by atoms with van der Waals surface area (Å²) in [6.07, 6.45) is 1.83. The van der Waals surface area contributed by atoms with Crippen molar-refractivity contribution >= 4 is 22.2 Å². The molecule has 2 aromatic heterocycles. The van der Waals surface area contributed by atoms with Crippen molar-refractivity contribution in [2.45, 2.75) is 13.0 Å². The average Bonchev–Trinajstić information content (AvgIpc) is 2.86. The number of aryl methyl sites for hydroxylation is 1. The number of rotatable bonds is 3. The Morgan fingerprint density at radius 3 is 2.84 bits per heavy atom. The quantitative estimate of drug-likeness (QED) is 0.779. The maximum absolute atomic E-state index is 4.37. The van der Waals surface area contributed by atoms with Crippen molar-refractivity contribution in [3.63, 3.8) is 0 Å². The van der Waals surface area contributed by atoms with Gasteiger partial charge in [-0.15, -0.1) is 11.3 Å². The molecule has 2 nitrogen and oxygen atoms in total. The Labute approximate surface area is 117 Å². The van der Waals surface area contributed by atoms with Crippen LogP contribution >= 0.6 is 11.3 Å². The molecular formula is C16H16N2S. The number of nitrogens with zero attached hydrogens (tertiary/aromatic N) is 1. The Hall–Kier alpha value is -1.71. The molecule has 1 aromatic carbocycles. The summed E-state index contributed by atoms with van der Waals surface area (Å²) < 4.78 is 0. The zero-order valence-electron chi connectivity index (χ0n) is 11.1. The molecule has 2 heterocycles. The number of hydrogen-bond acceptors (Lipinski definition) is 3. The van der Waals surface area contributed by atoms with Gasteiger partial charge in [0, 0.05) is 16.5 Å². The van der Waals surface area contributed by atoms with Gasteiger partial charge in [0.2, 0.25) is 0 Å². The minimum Gasteiger partial charge on any atom is -0.309 e. The van der Waals surface area contributed by atoms with Gasteiger partial charge in [-0.25, -0.2) is 0 Å². The maximum atomic E-state index is 4.37. The van der Waals surface area contributed by atoms with Crippen LogP contribution in [0.15, 0.2) is 48.0 Å². The first-order valence-electron chi connectivity index (χ1n) is 6.35. The SMILES string of the molecule is CNC(c1ccc2ncccc2c1)c1ccsc1C. The van der Waals surface area contributed by atoms with Gasteiger partial charge in [-0.2, -0.15) is 0 Å². The highest BCUT2D eigenvalue weighted by Crippen LogP contribution is 2.29. The van der Waals surface area contributed by atoms with Crippen LogP contribution in [0.4, 0.5) is 0 Å². The second-order valence-electron chi connectivity index (χ2n) is 4.61. The van der Waals surface area contributed by atoms with Crippen LogP contribution < -0.4 is 5.32 Å². The van der Waals surface area contributed by atoms with Crippen LogP contribution in [0.25, 0.3) is 10.9 Å². The van der Waals surface area contributed by atoms with E-state index in [4.69, 9.17) is 0 Å². The lowest BCUT2D eigenvalue weighted by Crippen LogP contribution is -2.17. The van der Waals surface area contributed by atoms with Gasteiger partial charge in [0.1, 0.15) is 0 Å². The molecule has 96 valence electrons. The van der Waals surface area contributed by atoms with Crippen LogP contribution in [0.5, 0.6) is 0 Å². The third-order valence-electron chi connectivity index (χ3n) is 3.46. The van der Waals surface area contributed by atoms with Gasteiger partial charge in [-0.1, -0.05) is 12.1 Å². The maximum Gasteiger partial charge on any atom is 0.0702 e. The molecule has 0 saturated heterocycles. The van der Waals surface area contributed by atoms with Gasteiger partial charge in [0.15, 0.2) is 0 Å². The largest absolute Gasteiger partial charge is 0.309 e. The third kappa shape index (κ3) is 2.27. The standard InChI is InChI=1S/C16H16N2S/c1-11-14(7-9-19-11)16(17-2)13-5-6-15-12(10-13)4-3-8-18-15/h3-10,16-17H,1-2H3. The molecule has 0 bridgehead atoms. The van der Waals surface area contributed by atoms with Crippen molar-refractivity contribution in [2.24, 2.45) is 0 Å². The summed E-state index contributed by atoms with van der Waals surface area (Å²) in [6, 6.07) is 13.0. The molecule has 1 atom stereocenters. The molecule has 3 rings (SSSR count). The molecule has 0 aliphatic carbocycles. The van der Waals surface area contributed by atoms with Gasteiger partial charge in [0.25, 0.3) is 0 Å². The molecule has 0 radical (unpaired) electrons. The van der Waals surface area contributed by atoms with Crippen LogP contribution in [0, 0.1) is 6.92 Å². The second-order valence-corrected chi connectivity index (χ2v) is 5.73. The fourth-order valence-corrected chi connectivity index (χ4v) is 3.21. The summed E-state index contributed by atoms with van der Waals surface area (Å²) in [6.45, 7) is 2.17. The average molecular weight is 268 g/mol. The van der Waals surface area contributed by atoms with Crippen LogP contribution in [-0.2, 0) is 0 Å². The molecule has 3 aromatic rings. The summed E-state index contributed by atoms with van der Waals surface area (Å²) in [4.78, 5) is 5.74.